The molecule has 142 valence electrons. The number of hydrogen-bond donors (Lipinski definition) is 2. The van der Waals surface area contributed by atoms with E-state index < -0.39 is 0 Å². The Bertz CT molecular complexity index is 840. The van der Waals surface area contributed by atoms with Crippen LogP contribution in [0.1, 0.15) is 31.9 Å². The van der Waals surface area contributed by atoms with Crippen molar-refractivity contribution in [2.24, 2.45) is 0 Å². The maximum Gasteiger partial charge on any atom is 0.229 e. The summed E-state index contributed by atoms with van der Waals surface area (Å²) in [6.45, 7) is 6.84. The van der Waals surface area contributed by atoms with Crippen LogP contribution < -0.4 is 10.2 Å². The van der Waals surface area contributed by atoms with Crippen molar-refractivity contribution in [2.45, 2.75) is 38.7 Å². The van der Waals surface area contributed by atoms with Crippen LogP contribution in [0.5, 0.6) is 5.75 Å². The monoisotopic (exact) mass is 366 g/mol. The minimum atomic E-state index is -0.0893. The SMILES string of the molecule is CC1=CC2(CCN(c3cc(C)nc(Nc4ccc(O)cc4)n3)CC2)OCC1. The van der Waals surface area contributed by atoms with Gasteiger partial charge in [-0.25, -0.2) is 4.98 Å². The number of nitrogens with one attached hydrogen (secondary N) is 1. The molecule has 2 aliphatic rings. The number of benzene rings is 1. The van der Waals surface area contributed by atoms with Gasteiger partial charge in [0.2, 0.25) is 5.95 Å². The molecule has 0 amide bonds. The fourth-order valence-corrected chi connectivity index (χ4v) is 3.82. The molecule has 1 fully saturated rings. The van der Waals surface area contributed by atoms with Crippen LogP contribution in [-0.2, 0) is 4.74 Å². The number of aryl methyl sites for hydroxylation is 1. The summed E-state index contributed by atoms with van der Waals surface area (Å²) < 4.78 is 6.13. The summed E-state index contributed by atoms with van der Waals surface area (Å²) in [4.78, 5) is 11.5. The van der Waals surface area contributed by atoms with E-state index >= 15 is 0 Å². The van der Waals surface area contributed by atoms with Gasteiger partial charge in [0, 0.05) is 30.5 Å². The van der Waals surface area contributed by atoms with Crippen molar-refractivity contribution in [2.75, 3.05) is 29.9 Å². The van der Waals surface area contributed by atoms with Crippen LogP contribution in [0.3, 0.4) is 0 Å². The zero-order valence-electron chi connectivity index (χ0n) is 15.9. The maximum absolute atomic E-state index is 9.42. The van der Waals surface area contributed by atoms with Gasteiger partial charge in [-0.15, -0.1) is 0 Å². The number of anilines is 3. The zero-order chi connectivity index (χ0) is 18.9. The number of aromatic hydroxyl groups is 1. The summed E-state index contributed by atoms with van der Waals surface area (Å²) in [5, 5.41) is 12.6. The second kappa shape index (κ2) is 7.19. The second-order valence-corrected chi connectivity index (χ2v) is 7.50. The molecular weight excluding hydrogens is 340 g/mol. The van der Waals surface area contributed by atoms with E-state index in [1.165, 1.54) is 5.57 Å². The van der Waals surface area contributed by atoms with E-state index in [0.717, 1.165) is 56.2 Å². The van der Waals surface area contributed by atoms with Crippen LogP contribution in [0.4, 0.5) is 17.5 Å². The Balaban J connectivity index is 1.49. The molecule has 4 rings (SSSR count). The first-order valence-corrected chi connectivity index (χ1v) is 9.50. The zero-order valence-corrected chi connectivity index (χ0v) is 15.9. The van der Waals surface area contributed by atoms with Gasteiger partial charge in [0.05, 0.1) is 12.2 Å². The first kappa shape index (κ1) is 17.8. The van der Waals surface area contributed by atoms with Crippen LogP contribution in [0.25, 0.3) is 0 Å². The fourth-order valence-electron chi connectivity index (χ4n) is 3.82. The molecule has 0 aliphatic carbocycles. The van der Waals surface area contributed by atoms with Gasteiger partial charge >= 0.3 is 0 Å². The highest BCUT2D eigenvalue weighted by Gasteiger charge is 2.35. The van der Waals surface area contributed by atoms with Crippen molar-refractivity contribution in [3.63, 3.8) is 0 Å². The Kier molecular flexibility index (Phi) is 4.74. The van der Waals surface area contributed by atoms with Crippen molar-refractivity contribution < 1.29 is 9.84 Å². The molecular formula is C21H26N4O2. The molecule has 2 N–H and O–H groups in total. The molecule has 27 heavy (non-hydrogen) atoms. The van der Waals surface area contributed by atoms with E-state index in [2.05, 4.69) is 28.2 Å². The van der Waals surface area contributed by atoms with Crippen LogP contribution in [0.15, 0.2) is 42.0 Å². The van der Waals surface area contributed by atoms with Crippen LogP contribution in [0, 0.1) is 6.92 Å². The third-order valence-electron chi connectivity index (χ3n) is 5.29. The Hall–Kier alpha value is -2.60. The molecule has 2 aromatic rings. The lowest BCUT2D eigenvalue weighted by Crippen LogP contribution is -2.46. The topological polar surface area (TPSA) is 70.5 Å². The van der Waals surface area contributed by atoms with Crippen molar-refractivity contribution in [1.82, 2.24) is 9.97 Å². The first-order chi connectivity index (χ1) is 13.0. The molecule has 1 spiro atoms. The Morgan fingerprint density at radius 1 is 1.11 bits per heavy atom. The molecule has 1 saturated heterocycles. The maximum atomic E-state index is 9.42. The predicted octanol–water partition coefficient (Wildman–Crippen LogP) is 3.94. The standard InChI is InChI=1S/C21H26N4O2/c1-15-7-12-27-21(14-15)8-10-25(11-9-21)19-13-16(2)22-20(24-19)23-17-3-5-18(26)6-4-17/h3-6,13-14,26H,7-12H2,1-2H3,(H,22,23,24). The second-order valence-electron chi connectivity index (χ2n) is 7.50. The Morgan fingerprint density at radius 2 is 1.85 bits per heavy atom. The summed E-state index contributed by atoms with van der Waals surface area (Å²) in [6, 6.07) is 8.93. The lowest BCUT2D eigenvalue weighted by Gasteiger charge is -2.42. The van der Waals surface area contributed by atoms with Gasteiger partial charge in [-0.1, -0.05) is 11.6 Å². The van der Waals surface area contributed by atoms with Crippen molar-refractivity contribution in [3.8, 4) is 5.75 Å². The third kappa shape index (κ3) is 4.06. The van der Waals surface area contributed by atoms with Gasteiger partial charge in [0.25, 0.3) is 0 Å². The van der Waals surface area contributed by atoms with Gasteiger partial charge in [-0.05, 0) is 57.4 Å². The van der Waals surface area contributed by atoms with Crippen molar-refractivity contribution in [3.05, 3.63) is 47.7 Å². The number of rotatable bonds is 3. The highest BCUT2D eigenvalue weighted by molar-refractivity contribution is 5.56. The summed E-state index contributed by atoms with van der Waals surface area (Å²) in [5.74, 6) is 1.75. The summed E-state index contributed by atoms with van der Waals surface area (Å²) in [6.07, 6.45) is 5.34. The minimum Gasteiger partial charge on any atom is -0.508 e. The Morgan fingerprint density at radius 3 is 2.56 bits per heavy atom. The largest absolute Gasteiger partial charge is 0.508 e. The molecule has 0 radical (unpaired) electrons. The molecule has 0 unspecified atom stereocenters. The van der Waals surface area contributed by atoms with E-state index in [1.807, 2.05) is 13.0 Å². The van der Waals surface area contributed by atoms with Gasteiger partial charge in [-0.2, -0.15) is 4.98 Å². The summed E-state index contributed by atoms with van der Waals surface area (Å²) in [5.41, 5.74) is 3.12. The number of ether oxygens (including phenoxy) is 1. The lowest BCUT2D eigenvalue weighted by atomic mass is 9.87. The molecule has 1 aromatic carbocycles. The van der Waals surface area contributed by atoms with Gasteiger partial charge in [-0.3, -0.25) is 0 Å². The smallest absolute Gasteiger partial charge is 0.229 e. The lowest BCUT2D eigenvalue weighted by molar-refractivity contribution is -0.0326. The summed E-state index contributed by atoms with van der Waals surface area (Å²) >= 11 is 0. The van der Waals surface area contributed by atoms with E-state index in [-0.39, 0.29) is 11.4 Å². The molecule has 1 aromatic heterocycles. The molecule has 0 saturated carbocycles. The molecule has 0 bridgehead atoms. The van der Waals surface area contributed by atoms with Crippen molar-refractivity contribution in [1.29, 1.82) is 0 Å². The fraction of sp³-hybridized carbons (Fsp3) is 0.429. The highest BCUT2D eigenvalue weighted by atomic mass is 16.5. The Labute approximate surface area is 159 Å². The van der Waals surface area contributed by atoms with Crippen LogP contribution in [0.2, 0.25) is 0 Å². The molecule has 6 nitrogen and oxygen atoms in total. The molecule has 3 heterocycles. The van der Waals surface area contributed by atoms with E-state index in [0.29, 0.717) is 5.95 Å². The number of nitrogens with zero attached hydrogens (tertiary/aromatic N) is 3. The normalized spacial score (nSPS) is 19.0. The van der Waals surface area contributed by atoms with Crippen LogP contribution in [-0.4, -0.2) is 40.4 Å². The van der Waals surface area contributed by atoms with Gasteiger partial charge < -0.3 is 20.1 Å². The average Bonchev–Trinajstić information content (AvgIpc) is 2.64. The van der Waals surface area contributed by atoms with Gasteiger partial charge in [0.15, 0.2) is 0 Å². The number of hydrogen-bond acceptors (Lipinski definition) is 6. The molecule has 0 atom stereocenters. The third-order valence-corrected chi connectivity index (χ3v) is 5.29. The average molecular weight is 366 g/mol. The minimum absolute atomic E-state index is 0.0893. The number of aromatic nitrogens is 2. The van der Waals surface area contributed by atoms with E-state index in [4.69, 9.17) is 9.72 Å². The number of phenolic OH excluding ortho intramolecular Hbond substituents is 1. The summed E-state index contributed by atoms with van der Waals surface area (Å²) in [7, 11) is 0. The number of piperidine rings is 1. The first-order valence-electron chi connectivity index (χ1n) is 9.50. The van der Waals surface area contributed by atoms with E-state index in [1.54, 1.807) is 24.3 Å². The van der Waals surface area contributed by atoms with Crippen LogP contribution >= 0.6 is 0 Å². The predicted molar refractivity (Wildman–Crippen MR) is 107 cm³/mol. The number of phenols is 1. The highest BCUT2D eigenvalue weighted by Crippen LogP contribution is 2.34. The molecule has 2 aliphatic heterocycles. The van der Waals surface area contributed by atoms with Crippen molar-refractivity contribution >= 4 is 17.5 Å². The van der Waals surface area contributed by atoms with E-state index in [9.17, 15) is 5.11 Å². The molecule has 6 heteroatoms. The van der Waals surface area contributed by atoms with Gasteiger partial charge in [0.1, 0.15) is 11.6 Å². The quantitative estimate of drug-likeness (QED) is 0.633.